The number of aliphatic hydroxyl groups excluding tert-OH is 1. The van der Waals surface area contributed by atoms with Crippen molar-refractivity contribution in [2.24, 2.45) is 5.41 Å². The number of esters is 1. The Kier molecular flexibility index (Phi) is 10.3. The number of rotatable bonds is 13. The van der Waals surface area contributed by atoms with Crippen LogP contribution in [-0.4, -0.2) is 49.3 Å². The molecule has 1 aliphatic carbocycles. The van der Waals surface area contributed by atoms with Crippen molar-refractivity contribution >= 4 is 23.1 Å². The van der Waals surface area contributed by atoms with Crippen LogP contribution in [0.3, 0.4) is 0 Å². The third-order valence-corrected chi connectivity index (χ3v) is 8.48. The van der Waals surface area contributed by atoms with Gasteiger partial charge < -0.3 is 19.9 Å². The zero-order chi connectivity index (χ0) is 27.2. The highest BCUT2D eigenvalue weighted by Gasteiger charge is 2.31. The highest BCUT2D eigenvalue weighted by atomic mass is 32.1. The molecule has 37 heavy (non-hydrogen) atoms. The van der Waals surface area contributed by atoms with Gasteiger partial charge in [0.15, 0.2) is 5.78 Å². The minimum absolute atomic E-state index is 0.0579. The molecular formula is C30H43NO5S. The van der Waals surface area contributed by atoms with E-state index in [0.717, 1.165) is 53.0 Å². The maximum atomic E-state index is 13.3. The molecule has 2 aromatic rings. The number of hydrogen-bond acceptors (Lipinski definition) is 7. The molecule has 0 spiro atoms. The van der Waals surface area contributed by atoms with E-state index in [1.165, 1.54) is 16.0 Å². The van der Waals surface area contributed by atoms with Gasteiger partial charge in [0.1, 0.15) is 18.5 Å². The van der Waals surface area contributed by atoms with Crippen LogP contribution in [0.15, 0.2) is 12.1 Å². The lowest BCUT2D eigenvalue weighted by Gasteiger charge is -2.30. The summed E-state index contributed by atoms with van der Waals surface area (Å²) in [5.74, 6) is 0.668. The lowest BCUT2D eigenvalue weighted by molar-refractivity contribution is -0.142. The molecule has 0 amide bonds. The number of fused-ring (bicyclic) bond motifs is 1. The van der Waals surface area contributed by atoms with E-state index in [9.17, 15) is 14.7 Å². The number of aliphatic hydroxyl groups is 1. The number of carbonyl (C=O) groups excluding carboxylic acids is 2. The molecular weight excluding hydrogens is 486 g/mol. The van der Waals surface area contributed by atoms with E-state index in [1.54, 1.807) is 18.3 Å². The van der Waals surface area contributed by atoms with Gasteiger partial charge in [-0.15, -0.1) is 11.3 Å². The minimum atomic E-state index is -0.749. The fraction of sp³-hybridized carbons (Fsp3) is 0.600. The number of nitrogens with one attached hydrogen (secondary N) is 1. The molecule has 1 heterocycles. The van der Waals surface area contributed by atoms with E-state index in [0.29, 0.717) is 24.9 Å². The Balaban J connectivity index is 1.56. The quantitative estimate of drug-likeness (QED) is 0.276. The molecule has 0 radical (unpaired) electrons. The number of aryl methyl sites for hydroxylation is 4. The Bertz CT molecular complexity index is 1080. The summed E-state index contributed by atoms with van der Waals surface area (Å²) in [6, 6.07) is 4.15. The SMILES string of the molecule is CCOC(=O)CNCC(O)COc1c(C)cc(CCC(=O)c2sc(CC)c3c2CCC(C)(C)C3)cc1C. The van der Waals surface area contributed by atoms with Crippen molar-refractivity contribution in [2.75, 3.05) is 26.3 Å². The number of thiophene rings is 1. The summed E-state index contributed by atoms with van der Waals surface area (Å²) in [4.78, 5) is 27.0. The van der Waals surface area contributed by atoms with E-state index < -0.39 is 6.10 Å². The van der Waals surface area contributed by atoms with Crippen molar-refractivity contribution in [2.45, 2.75) is 86.2 Å². The third kappa shape index (κ3) is 7.88. The van der Waals surface area contributed by atoms with Gasteiger partial charge >= 0.3 is 5.97 Å². The van der Waals surface area contributed by atoms with Gasteiger partial charge in [-0.3, -0.25) is 9.59 Å². The monoisotopic (exact) mass is 529 g/mol. The second-order valence-electron chi connectivity index (χ2n) is 10.9. The first kappa shape index (κ1) is 29.3. The normalized spacial score (nSPS) is 15.2. The Hall–Kier alpha value is -2.22. The standard InChI is InChI=1S/C30H43NO5S/c1-7-26-24-15-30(5,6)12-11-23(24)29(37-26)25(33)10-9-21-13-19(3)28(20(4)14-21)36-18-22(32)16-31-17-27(34)35-8-2/h13-14,22,31-32H,7-12,15-18H2,1-6H3. The fourth-order valence-corrected chi connectivity index (χ4v) is 6.41. The molecule has 1 atom stereocenters. The topological polar surface area (TPSA) is 84.9 Å². The van der Waals surface area contributed by atoms with Gasteiger partial charge in [-0.2, -0.15) is 0 Å². The van der Waals surface area contributed by atoms with Gasteiger partial charge in [0.05, 0.1) is 18.0 Å². The Morgan fingerprint density at radius 1 is 1.16 bits per heavy atom. The second-order valence-corrected chi connectivity index (χ2v) is 12.0. The van der Waals surface area contributed by atoms with Crippen LogP contribution in [0.2, 0.25) is 0 Å². The van der Waals surface area contributed by atoms with Crippen LogP contribution in [0.1, 0.15) is 82.9 Å². The maximum absolute atomic E-state index is 13.3. The third-order valence-electron chi connectivity index (χ3n) is 7.02. The van der Waals surface area contributed by atoms with Crippen LogP contribution in [-0.2, 0) is 35.2 Å². The van der Waals surface area contributed by atoms with E-state index in [4.69, 9.17) is 9.47 Å². The molecule has 1 aromatic heterocycles. The number of ketones is 1. The smallest absolute Gasteiger partial charge is 0.319 e. The van der Waals surface area contributed by atoms with Gasteiger partial charge in [0.25, 0.3) is 0 Å². The zero-order valence-corrected chi connectivity index (χ0v) is 24.1. The molecule has 2 N–H and O–H groups in total. The number of carbonyl (C=O) groups is 2. The molecule has 204 valence electrons. The predicted molar refractivity (Wildman–Crippen MR) is 149 cm³/mol. The Labute approximate surface area is 225 Å². The maximum Gasteiger partial charge on any atom is 0.319 e. The predicted octanol–water partition coefficient (Wildman–Crippen LogP) is 5.15. The number of Topliss-reactive ketones (excluding diaryl/α,β-unsaturated/α-hetero) is 1. The molecule has 1 aliphatic rings. The molecule has 0 saturated carbocycles. The van der Waals surface area contributed by atoms with Gasteiger partial charge in [-0.05, 0) is 86.1 Å². The summed E-state index contributed by atoms with van der Waals surface area (Å²) < 4.78 is 10.8. The fourth-order valence-electron chi connectivity index (χ4n) is 5.14. The van der Waals surface area contributed by atoms with Crippen molar-refractivity contribution in [3.63, 3.8) is 0 Å². The van der Waals surface area contributed by atoms with Gasteiger partial charge in [0.2, 0.25) is 0 Å². The molecule has 7 heteroatoms. The largest absolute Gasteiger partial charge is 0.490 e. The lowest BCUT2D eigenvalue weighted by Crippen LogP contribution is -2.35. The molecule has 1 unspecified atom stereocenters. The van der Waals surface area contributed by atoms with Gasteiger partial charge in [-0.1, -0.05) is 32.9 Å². The van der Waals surface area contributed by atoms with Crippen LogP contribution in [0.4, 0.5) is 0 Å². The summed E-state index contributed by atoms with van der Waals surface area (Å²) >= 11 is 1.72. The van der Waals surface area contributed by atoms with Crippen LogP contribution >= 0.6 is 11.3 Å². The first-order chi connectivity index (χ1) is 17.5. The molecule has 1 aromatic carbocycles. The molecule has 3 rings (SSSR count). The molecule has 6 nitrogen and oxygen atoms in total. The summed E-state index contributed by atoms with van der Waals surface area (Å²) in [6.45, 7) is 13.3. The molecule has 0 fully saturated rings. The Morgan fingerprint density at radius 3 is 2.51 bits per heavy atom. The van der Waals surface area contributed by atoms with E-state index in [1.807, 2.05) is 13.8 Å². The molecule has 0 aliphatic heterocycles. The highest BCUT2D eigenvalue weighted by molar-refractivity contribution is 7.14. The van der Waals surface area contributed by atoms with Crippen molar-refractivity contribution in [1.29, 1.82) is 0 Å². The average Bonchev–Trinajstić information content (AvgIpc) is 3.19. The van der Waals surface area contributed by atoms with Crippen LogP contribution in [0.5, 0.6) is 5.75 Å². The average molecular weight is 530 g/mol. The van der Waals surface area contributed by atoms with Crippen LogP contribution in [0.25, 0.3) is 0 Å². The summed E-state index contributed by atoms with van der Waals surface area (Å²) in [7, 11) is 0. The van der Waals surface area contributed by atoms with E-state index in [-0.39, 0.29) is 31.4 Å². The first-order valence-electron chi connectivity index (χ1n) is 13.5. The minimum Gasteiger partial charge on any atom is -0.490 e. The number of hydrogen-bond donors (Lipinski definition) is 2. The zero-order valence-electron chi connectivity index (χ0n) is 23.3. The summed E-state index contributed by atoms with van der Waals surface area (Å²) in [6.07, 6.45) is 4.66. The summed E-state index contributed by atoms with van der Waals surface area (Å²) in [5, 5.41) is 13.1. The molecule has 0 saturated heterocycles. The van der Waals surface area contributed by atoms with Crippen molar-refractivity contribution < 1.29 is 24.2 Å². The number of ether oxygens (including phenoxy) is 2. The van der Waals surface area contributed by atoms with Crippen molar-refractivity contribution in [3.8, 4) is 5.75 Å². The first-order valence-corrected chi connectivity index (χ1v) is 14.3. The highest BCUT2D eigenvalue weighted by Crippen LogP contribution is 2.42. The van der Waals surface area contributed by atoms with Gasteiger partial charge in [0, 0.05) is 17.8 Å². The van der Waals surface area contributed by atoms with E-state index in [2.05, 4.69) is 38.2 Å². The Morgan fingerprint density at radius 2 is 1.86 bits per heavy atom. The lowest BCUT2D eigenvalue weighted by atomic mass is 9.74. The number of benzene rings is 1. The van der Waals surface area contributed by atoms with Crippen molar-refractivity contribution in [3.05, 3.63) is 49.7 Å². The van der Waals surface area contributed by atoms with Crippen LogP contribution in [0, 0.1) is 19.3 Å². The molecule has 0 bridgehead atoms. The van der Waals surface area contributed by atoms with E-state index >= 15 is 0 Å². The second kappa shape index (κ2) is 13.0. The van der Waals surface area contributed by atoms with Crippen molar-refractivity contribution in [1.82, 2.24) is 5.32 Å². The summed E-state index contributed by atoms with van der Waals surface area (Å²) in [5.41, 5.74) is 6.16. The van der Waals surface area contributed by atoms with Crippen LogP contribution < -0.4 is 10.1 Å². The van der Waals surface area contributed by atoms with Gasteiger partial charge in [-0.25, -0.2) is 0 Å².